The lowest BCUT2D eigenvalue weighted by Crippen LogP contribution is -2.28. The molecule has 2 rings (SSSR count). The van der Waals surface area contributed by atoms with Crippen LogP contribution in [0.1, 0.15) is 31.4 Å². The van der Waals surface area contributed by atoms with Crippen molar-refractivity contribution in [2.45, 2.75) is 38.1 Å². The number of nitrogens with two attached hydrogens (primary N) is 1. The molecule has 1 aliphatic rings. The average molecular weight is 179 g/mol. The zero-order valence-corrected chi connectivity index (χ0v) is 7.87. The Labute approximate surface area is 78.7 Å². The molecular weight excluding hydrogens is 162 g/mol. The largest absolute Gasteiger partial charge is 0.348 e. The number of hydrogen-bond acceptors (Lipinski definition) is 2. The topological polar surface area (TPSA) is 54.7 Å². The number of rotatable bonds is 2. The van der Waals surface area contributed by atoms with E-state index in [1.807, 2.05) is 6.20 Å². The first-order chi connectivity index (χ1) is 6.34. The van der Waals surface area contributed by atoms with Crippen molar-refractivity contribution in [2.24, 2.45) is 11.7 Å². The molecule has 0 amide bonds. The highest BCUT2D eigenvalue weighted by Crippen LogP contribution is 2.25. The van der Waals surface area contributed by atoms with Crippen LogP contribution in [-0.4, -0.2) is 16.0 Å². The van der Waals surface area contributed by atoms with E-state index >= 15 is 0 Å². The molecule has 0 saturated heterocycles. The van der Waals surface area contributed by atoms with Crippen LogP contribution in [0.4, 0.5) is 0 Å². The number of imidazole rings is 1. The number of aromatic nitrogens is 2. The molecule has 1 heterocycles. The summed E-state index contributed by atoms with van der Waals surface area (Å²) in [5.41, 5.74) is 7.18. The summed E-state index contributed by atoms with van der Waals surface area (Å²) in [7, 11) is 0. The van der Waals surface area contributed by atoms with Crippen molar-refractivity contribution in [3.05, 3.63) is 18.2 Å². The molecule has 3 nitrogen and oxygen atoms in total. The van der Waals surface area contributed by atoms with Crippen LogP contribution < -0.4 is 5.73 Å². The molecular formula is C10H17N3. The highest BCUT2D eigenvalue weighted by atomic mass is 14.9. The van der Waals surface area contributed by atoms with E-state index in [2.05, 4.69) is 9.97 Å². The van der Waals surface area contributed by atoms with E-state index in [4.69, 9.17) is 5.73 Å². The van der Waals surface area contributed by atoms with Gasteiger partial charge in [0, 0.05) is 17.9 Å². The first kappa shape index (κ1) is 8.75. The Balaban J connectivity index is 1.87. The predicted octanol–water partition coefficient (Wildman–Crippen LogP) is 1.47. The second kappa shape index (κ2) is 3.92. The molecule has 1 saturated carbocycles. The first-order valence-electron chi connectivity index (χ1n) is 5.07. The minimum atomic E-state index is 0.432. The molecule has 1 aromatic heterocycles. The molecule has 0 aliphatic heterocycles. The van der Waals surface area contributed by atoms with Gasteiger partial charge in [-0.3, -0.25) is 0 Å². The van der Waals surface area contributed by atoms with Crippen LogP contribution in [0, 0.1) is 5.92 Å². The van der Waals surface area contributed by atoms with Crippen LogP contribution in [-0.2, 0) is 6.42 Å². The highest BCUT2D eigenvalue weighted by Gasteiger charge is 2.19. The number of nitrogens with zero attached hydrogens (tertiary/aromatic N) is 1. The van der Waals surface area contributed by atoms with E-state index in [0.29, 0.717) is 6.04 Å². The lowest BCUT2D eigenvalue weighted by Gasteiger charge is -2.25. The van der Waals surface area contributed by atoms with Crippen LogP contribution in [0.2, 0.25) is 0 Å². The van der Waals surface area contributed by atoms with Crippen molar-refractivity contribution >= 4 is 0 Å². The van der Waals surface area contributed by atoms with Gasteiger partial charge in [-0.15, -0.1) is 0 Å². The lowest BCUT2D eigenvalue weighted by molar-refractivity contribution is 0.319. The summed E-state index contributed by atoms with van der Waals surface area (Å²) in [5, 5.41) is 0. The van der Waals surface area contributed by atoms with Crippen LogP contribution in [0.25, 0.3) is 0 Å². The van der Waals surface area contributed by atoms with Crippen molar-refractivity contribution in [1.29, 1.82) is 0 Å². The maximum atomic E-state index is 5.93. The Morgan fingerprint density at radius 1 is 1.54 bits per heavy atom. The second-order valence-electron chi connectivity index (χ2n) is 4.07. The van der Waals surface area contributed by atoms with Crippen LogP contribution in [0.5, 0.6) is 0 Å². The summed E-state index contributed by atoms with van der Waals surface area (Å²) >= 11 is 0. The SMILES string of the molecule is NC1CCCC(Cc2cnc[nH]2)C1. The molecule has 3 N–H and O–H groups in total. The third kappa shape index (κ3) is 2.31. The van der Waals surface area contributed by atoms with Gasteiger partial charge in [-0.05, 0) is 31.6 Å². The minimum absolute atomic E-state index is 0.432. The van der Waals surface area contributed by atoms with E-state index in [9.17, 15) is 0 Å². The molecule has 2 atom stereocenters. The standard InChI is InChI=1S/C10H17N3/c11-9-3-1-2-8(4-9)5-10-6-12-7-13-10/h6-9H,1-5,11H2,(H,12,13). The Morgan fingerprint density at radius 2 is 2.46 bits per heavy atom. The van der Waals surface area contributed by atoms with Crippen LogP contribution in [0.3, 0.4) is 0 Å². The molecule has 1 aromatic rings. The van der Waals surface area contributed by atoms with Gasteiger partial charge in [-0.2, -0.15) is 0 Å². The molecule has 0 radical (unpaired) electrons. The summed E-state index contributed by atoms with van der Waals surface area (Å²) in [4.78, 5) is 7.17. The first-order valence-corrected chi connectivity index (χ1v) is 5.07. The molecule has 13 heavy (non-hydrogen) atoms. The van der Waals surface area contributed by atoms with Gasteiger partial charge in [0.25, 0.3) is 0 Å². The van der Waals surface area contributed by atoms with E-state index in [-0.39, 0.29) is 0 Å². The van der Waals surface area contributed by atoms with E-state index in [0.717, 1.165) is 12.3 Å². The van der Waals surface area contributed by atoms with E-state index in [1.165, 1.54) is 31.4 Å². The normalized spacial score (nSPS) is 29.0. The molecule has 1 fully saturated rings. The Hall–Kier alpha value is -0.830. The minimum Gasteiger partial charge on any atom is -0.348 e. The van der Waals surface area contributed by atoms with E-state index in [1.54, 1.807) is 6.33 Å². The van der Waals surface area contributed by atoms with Gasteiger partial charge < -0.3 is 10.7 Å². The number of H-pyrrole nitrogens is 1. The van der Waals surface area contributed by atoms with Gasteiger partial charge in [0.05, 0.1) is 6.33 Å². The predicted molar refractivity (Wildman–Crippen MR) is 52.2 cm³/mol. The Bertz CT molecular complexity index is 243. The van der Waals surface area contributed by atoms with Crippen LogP contribution >= 0.6 is 0 Å². The third-order valence-corrected chi connectivity index (χ3v) is 2.89. The van der Waals surface area contributed by atoms with Crippen molar-refractivity contribution in [1.82, 2.24) is 9.97 Å². The Kier molecular flexibility index (Phi) is 2.64. The number of aromatic amines is 1. The smallest absolute Gasteiger partial charge is 0.0921 e. The maximum Gasteiger partial charge on any atom is 0.0921 e. The zero-order valence-electron chi connectivity index (χ0n) is 7.87. The zero-order chi connectivity index (χ0) is 9.10. The van der Waals surface area contributed by atoms with E-state index < -0.39 is 0 Å². The van der Waals surface area contributed by atoms with Crippen molar-refractivity contribution in [2.75, 3.05) is 0 Å². The molecule has 0 spiro atoms. The van der Waals surface area contributed by atoms with Gasteiger partial charge in [-0.1, -0.05) is 6.42 Å². The lowest BCUT2D eigenvalue weighted by atomic mass is 9.83. The van der Waals surface area contributed by atoms with Gasteiger partial charge in [0.15, 0.2) is 0 Å². The average Bonchev–Trinajstić information content (AvgIpc) is 2.57. The Morgan fingerprint density at radius 3 is 3.15 bits per heavy atom. The summed E-state index contributed by atoms with van der Waals surface area (Å²) < 4.78 is 0. The summed E-state index contributed by atoms with van der Waals surface area (Å²) in [6, 6.07) is 0.432. The van der Waals surface area contributed by atoms with Crippen molar-refractivity contribution < 1.29 is 0 Å². The quantitative estimate of drug-likeness (QED) is 0.722. The monoisotopic (exact) mass is 179 g/mol. The van der Waals surface area contributed by atoms with Crippen molar-refractivity contribution in [3.63, 3.8) is 0 Å². The fourth-order valence-corrected chi connectivity index (χ4v) is 2.23. The maximum absolute atomic E-state index is 5.93. The summed E-state index contributed by atoms with van der Waals surface area (Å²) in [6.45, 7) is 0. The van der Waals surface area contributed by atoms with Gasteiger partial charge in [-0.25, -0.2) is 4.98 Å². The summed E-state index contributed by atoms with van der Waals surface area (Å²) in [5.74, 6) is 0.768. The van der Waals surface area contributed by atoms with Crippen molar-refractivity contribution in [3.8, 4) is 0 Å². The van der Waals surface area contributed by atoms with Crippen LogP contribution in [0.15, 0.2) is 12.5 Å². The molecule has 2 unspecified atom stereocenters. The fraction of sp³-hybridized carbons (Fsp3) is 0.700. The third-order valence-electron chi connectivity index (χ3n) is 2.89. The second-order valence-corrected chi connectivity index (χ2v) is 4.07. The molecule has 72 valence electrons. The van der Waals surface area contributed by atoms with Gasteiger partial charge in [0.1, 0.15) is 0 Å². The molecule has 0 bridgehead atoms. The summed E-state index contributed by atoms with van der Waals surface area (Å²) in [6.07, 6.45) is 9.79. The number of nitrogens with one attached hydrogen (secondary N) is 1. The number of hydrogen-bond donors (Lipinski definition) is 2. The van der Waals surface area contributed by atoms with Gasteiger partial charge in [0.2, 0.25) is 0 Å². The van der Waals surface area contributed by atoms with Gasteiger partial charge >= 0.3 is 0 Å². The molecule has 0 aromatic carbocycles. The highest BCUT2D eigenvalue weighted by molar-refractivity contribution is 4.96. The molecule has 3 heteroatoms. The molecule has 1 aliphatic carbocycles. The fourth-order valence-electron chi connectivity index (χ4n) is 2.23.